The molecule has 0 bridgehead atoms. The van der Waals surface area contributed by atoms with Gasteiger partial charge in [0.1, 0.15) is 0 Å². The summed E-state index contributed by atoms with van der Waals surface area (Å²) in [5.41, 5.74) is 2.52. The number of carbonyl (C=O) groups excluding carboxylic acids is 2. The molecule has 1 atom stereocenters. The summed E-state index contributed by atoms with van der Waals surface area (Å²) in [5, 5.41) is 2.41. The van der Waals surface area contributed by atoms with Gasteiger partial charge in [0.2, 0.25) is 11.8 Å². The molecule has 152 valence electrons. The second-order valence-corrected chi connectivity index (χ2v) is 10.3. The number of nitrogens with one attached hydrogen (secondary N) is 1. The third kappa shape index (κ3) is 4.29. The van der Waals surface area contributed by atoms with Gasteiger partial charge < -0.3 is 0 Å². The maximum Gasteiger partial charge on any atom is 0.264 e. The van der Waals surface area contributed by atoms with Gasteiger partial charge in [-0.25, -0.2) is 0 Å². The van der Waals surface area contributed by atoms with Gasteiger partial charge >= 0.3 is 0 Å². The molecule has 1 aromatic carbocycles. The maximum absolute atomic E-state index is 12.0. The van der Waals surface area contributed by atoms with Crippen molar-refractivity contribution in [1.82, 2.24) is 10.2 Å². The van der Waals surface area contributed by atoms with Crippen LogP contribution in [-0.2, 0) is 30.4 Å². The number of amides is 2. The largest absolute Gasteiger partial charge is 0.298 e. The minimum absolute atomic E-state index is 0.189. The summed E-state index contributed by atoms with van der Waals surface area (Å²) in [6.45, 7) is 3.26. The van der Waals surface area contributed by atoms with Crippen LogP contribution in [0, 0.1) is 11.3 Å². The van der Waals surface area contributed by atoms with Crippen molar-refractivity contribution in [2.24, 2.45) is 11.3 Å². The number of likely N-dealkylation sites (tertiary alicyclic amines) is 1. The van der Waals surface area contributed by atoms with Gasteiger partial charge in [0, 0.05) is 26.1 Å². The van der Waals surface area contributed by atoms with Crippen molar-refractivity contribution in [3.8, 4) is 0 Å². The van der Waals surface area contributed by atoms with Crippen LogP contribution in [0.5, 0.6) is 0 Å². The maximum atomic E-state index is 12.0. The van der Waals surface area contributed by atoms with Gasteiger partial charge in [-0.3, -0.25) is 24.0 Å². The number of hydrogen-bond acceptors (Lipinski definition) is 6. The van der Waals surface area contributed by atoms with E-state index < -0.39 is 10.1 Å². The fraction of sp³-hybridized carbons (Fsp3) is 0.600. The normalized spacial score (nSPS) is 25.2. The van der Waals surface area contributed by atoms with E-state index in [1.807, 2.05) is 12.1 Å². The Bertz CT molecular complexity index is 866. The van der Waals surface area contributed by atoms with Crippen LogP contribution in [0.1, 0.15) is 42.7 Å². The van der Waals surface area contributed by atoms with Crippen molar-refractivity contribution < 1.29 is 22.2 Å². The zero-order valence-corrected chi connectivity index (χ0v) is 16.8. The van der Waals surface area contributed by atoms with E-state index in [2.05, 4.69) is 22.3 Å². The molecule has 1 unspecified atom stereocenters. The van der Waals surface area contributed by atoms with Gasteiger partial charge in [-0.2, -0.15) is 8.42 Å². The van der Waals surface area contributed by atoms with Gasteiger partial charge in [-0.15, -0.1) is 0 Å². The SMILES string of the molecule is CS(=O)(=O)OCC1CC2(C1)CN(Cc1ccc(C3CCC(=O)NC3=O)cc1)C2. The second kappa shape index (κ2) is 7.24. The van der Waals surface area contributed by atoms with Crippen LogP contribution in [0.4, 0.5) is 0 Å². The van der Waals surface area contributed by atoms with Crippen molar-refractivity contribution in [2.75, 3.05) is 26.0 Å². The quantitative estimate of drug-likeness (QED) is 0.567. The standard InChI is InChI=1S/C20H26N2O5S/c1-28(25,26)27-11-15-8-20(9-15)12-22(13-20)10-14-2-4-16(5-3-14)17-6-7-18(23)21-19(17)24/h2-5,15,17H,6-13H2,1H3,(H,21,23,24). The molecular formula is C20H26N2O5S. The number of carbonyl (C=O) groups is 2. The number of imide groups is 1. The first-order valence-corrected chi connectivity index (χ1v) is 11.5. The molecule has 1 aliphatic carbocycles. The summed E-state index contributed by atoms with van der Waals surface area (Å²) in [6, 6.07) is 8.11. The number of benzene rings is 1. The van der Waals surface area contributed by atoms with Gasteiger partial charge in [0.25, 0.3) is 10.1 Å². The molecule has 1 saturated carbocycles. The van der Waals surface area contributed by atoms with Crippen molar-refractivity contribution >= 4 is 21.9 Å². The lowest BCUT2D eigenvalue weighted by molar-refractivity contribution is -0.134. The first-order chi connectivity index (χ1) is 13.2. The number of nitrogens with zero attached hydrogens (tertiary/aromatic N) is 1. The Balaban J connectivity index is 1.23. The molecule has 2 amide bonds. The number of rotatable bonds is 6. The highest BCUT2D eigenvalue weighted by Gasteiger charge is 2.52. The van der Waals surface area contributed by atoms with Gasteiger partial charge in [-0.1, -0.05) is 24.3 Å². The summed E-state index contributed by atoms with van der Waals surface area (Å²) in [7, 11) is -3.34. The Hall–Kier alpha value is -1.77. The number of hydrogen-bond donors (Lipinski definition) is 1. The van der Waals surface area contributed by atoms with Crippen molar-refractivity contribution in [1.29, 1.82) is 0 Å². The van der Waals surface area contributed by atoms with E-state index in [9.17, 15) is 18.0 Å². The lowest BCUT2D eigenvalue weighted by Gasteiger charge is -2.59. The summed E-state index contributed by atoms with van der Waals surface area (Å²) in [4.78, 5) is 25.7. The Labute approximate surface area is 165 Å². The Morgan fingerprint density at radius 3 is 2.46 bits per heavy atom. The predicted molar refractivity (Wildman–Crippen MR) is 103 cm³/mol. The zero-order valence-electron chi connectivity index (χ0n) is 16.0. The molecule has 2 saturated heterocycles. The van der Waals surface area contributed by atoms with Crippen molar-refractivity contribution in [3.63, 3.8) is 0 Å². The molecule has 28 heavy (non-hydrogen) atoms. The van der Waals surface area contributed by atoms with E-state index in [1.165, 1.54) is 5.56 Å². The average Bonchev–Trinajstić information content (AvgIpc) is 2.55. The molecule has 0 aromatic heterocycles. The summed E-state index contributed by atoms with van der Waals surface area (Å²) in [6.07, 6.45) is 4.13. The zero-order chi connectivity index (χ0) is 19.9. The smallest absolute Gasteiger partial charge is 0.264 e. The average molecular weight is 407 g/mol. The summed E-state index contributed by atoms with van der Waals surface area (Å²) < 4.78 is 27.0. The highest BCUT2D eigenvalue weighted by molar-refractivity contribution is 7.85. The summed E-state index contributed by atoms with van der Waals surface area (Å²) >= 11 is 0. The third-order valence-electron chi connectivity index (χ3n) is 6.11. The monoisotopic (exact) mass is 406 g/mol. The Morgan fingerprint density at radius 1 is 1.18 bits per heavy atom. The van der Waals surface area contributed by atoms with Crippen LogP contribution in [0.25, 0.3) is 0 Å². The van der Waals surface area contributed by atoms with Crippen LogP contribution < -0.4 is 5.32 Å². The fourth-order valence-corrected chi connectivity index (χ4v) is 5.34. The third-order valence-corrected chi connectivity index (χ3v) is 6.67. The van der Waals surface area contributed by atoms with E-state index in [0.29, 0.717) is 30.8 Å². The van der Waals surface area contributed by atoms with Crippen LogP contribution >= 0.6 is 0 Å². The molecule has 2 aliphatic heterocycles. The molecule has 8 heteroatoms. The van der Waals surface area contributed by atoms with Crippen LogP contribution in [0.3, 0.4) is 0 Å². The first kappa shape index (κ1) is 19.5. The molecule has 1 N–H and O–H groups in total. The van der Waals surface area contributed by atoms with Crippen LogP contribution in [0.15, 0.2) is 24.3 Å². The Kier molecular flexibility index (Phi) is 5.05. The van der Waals surface area contributed by atoms with Crippen molar-refractivity contribution in [3.05, 3.63) is 35.4 Å². The molecule has 1 spiro atoms. The molecule has 4 rings (SSSR count). The molecular weight excluding hydrogens is 380 g/mol. The van der Waals surface area contributed by atoms with Crippen molar-refractivity contribution in [2.45, 2.75) is 38.1 Å². The second-order valence-electron chi connectivity index (χ2n) is 8.65. The highest BCUT2D eigenvalue weighted by Crippen LogP contribution is 2.52. The minimum Gasteiger partial charge on any atom is -0.298 e. The number of piperidine rings is 1. The Morgan fingerprint density at radius 2 is 1.86 bits per heavy atom. The van der Waals surface area contributed by atoms with E-state index in [1.54, 1.807) is 0 Å². The summed E-state index contributed by atoms with van der Waals surface area (Å²) in [5.74, 6) is -0.274. The minimum atomic E-state index is -3.34. The topological polar surface area (TPSA) is 92.8 Å². The molecule has 7 nitrogen and oxygen atoms in total. The van der Waals surface area contributed by atoms with Gasteiger partial charge in [0.15, 0.2) is 0 Å². The van der Waals surface area contributed by atoms with E-state index in [4.69, 9.17) is 4.18 Å². The molecule has 3 fully saturated rings. The van der Waals surface area contributed by atoms with E-state index in [-0.39, 0.29) is 17.7 Å². The van der Waals surface area contributed by atoms with Crippen LogP contribution in [-0.4, -0.2) is 51.1 Å². The molecule has 0 radical (unpaired) electrons. The molecule has 2 heterocycles. The van der Waals surface area contributed by atoms with Crippen LogP contribution in [0.2, 0.25) is 0 Å². The van der Waals surface area contributed by atoms with Gasteiger partial charge in [0.05, 0.1) is 18.8 Å². The van der Waals surface area contributed by atoms with E-state index >= 15 is 0 Å². The molecule has 1 aromatic rings. The van der Waals surface area contributed by atoms with Gasteiger partial charge in [-0.05, 0) is 41.7 Å². The lowest BCUT2D eigenvalue weighted by Crippen LogP contribution is -2.62. The molecule has 3 aliphatic rings. The lowest BCUT2D eigenvalue weighted by atomic mass is 9.58. The predicted octanol–water partition coefficient (Wildman–Crippen LogP) is 1.39. The highest BCUT2D eigenvalue weighted by atomic mass is 32.2. The fourth-order valence-electron chi connectivity index (χ4n) is 4.90. The van der Waals surface area contributed by atoms with E-state index in [0.717, 1.165) is 44.3 Å². The first-order valence-electron chi connectivity index (χ1n) is 9.71.